The summed E-state index contributed by atoms with van der Waals surface area (Å²) in [4.78, 5) is 3.85. The number of halogens is 1. The Morgan fingerprint density at radius 1 is 1.35 bits per heavy atom. The summed E-state index contributed by atoms with van der Waals surface area (Å²) in [6, 6.07) is 6.12. The first-order chi connectivity index (χ1) is 7.99. The monoisotopic (exact) mass is 289 g/mol. The number of nitrogens with zero attached hydrogens (tertiary/aromatic N) is 1. The summed E-state index contributed by atoms with van der Waals surface area (Å²) in [6.07, 6.45) is 1.45. The van der Waals surface area contributed by atoms with Gasteiger partial charge in [0.15, 0.2) is 5.82 Å². The number of hydrogen-bond donors (Lipinski definition) is 2. The third-order valence-corrected chi connectivity index (χ3v) is 4.95. The van der Waals surface area contributed by atoms with Crippen LogP contribution in [0.5, 0.6) is 0 Å². The molecule has 2 rings (SSSR count). The molecule has 0 saturated heterocycles. The number of nitrogen functional groups attached to an aromatic ring is 1. The van der Waals surface area contributed by atoms with Crippen LogP contribution in [-0.4, -0.2) is 13.4 Å². The van der Waals surface area contributed by atoms with Crippen LogP contribution < -0.4 is 10.5 Å². The smallest absolute Gasteiger partial charge is 0.272 e. The van der Waals surface area contributed by atoms with Gasteiger partial charge >= 0.3 is 0 Å². The van der Waals surface area contributed by atoms with E-state index in [4.69, 9.17) is 17.3 Å². The van der Waals surface area contributed by atoms with Gasteiger partial charge in [-0.15, -0.1) is 11.3 Å². The molecule has 5 nitrogen and oxygen atoms in total. The fraction of sp³-hybridized carbons (Fsp3) is 0. The van der Waals surface area contributed by atoms with Crippen LogP contribution in [0.25, 0.3) is 0 Å². The first-order valence-electron chi connectivity index (χ1n) is 4.48. The SMILES string of the molecule is Nc1cccnc1NS(=O)(=O)c1ccc(Cl)s1. The second-order valence-electron chi connectivity index (χ2n) is 3.11. The molecule has 17 heavy (non-hydrogen) atoms. The summed E-state index contributed by atoms with van der Waals surface area (Å²) in [5.74, 6) is 0.108. The van der Waals surface area contributed by atoms with Gasteiger partial charge < -0.3 is 5.73 Å². The highest BCUT2D eigenvalue weighted by Gasteiger charge is 2.18. The maximum atomic E-state index is 11.9. The Balaban J connectivity index is 2.33. The average Bonchev–Trinajstić information content (AvgIpc) is 2.69. The molecule has 0 aliphatic heterocycles. The highest BCUT2D eigenvalue weighted by atomic mass is 35.5. The van der Waals surface area contributed by atoms with Crippen LogP contribution >= 0.6 is 22.9 Å². The molecule has 0 spiro atoms. The number of thiophene rings is 1. The van der Waals surface area contributed by atoms with Crippen LogP contribution in [0.4, 0.5) is 11.5 Å². The number of pyridine rings is 1. The average molecular weight is 290 g/mol. The van der Waals surface area contributed by atoms with E-state index in [9.17, 15) is 8.42 Å². The van der Waals surface area contributed by atoms with E-state index in [1.54, 1.807) is 12.1 Å². The van der Waals surface area contributed by atoms with Gasteiger partial charge in [-0.1, -0.05) is 11.6 Å². The van der Waals surface area contributed by atoms with Crippen LogP contribution in [0.15, 0.2) is 34.7 Å². The Morgan fingerprint density at radius 3 is 2.71 bits per heavy atom. The van der Waals surface area contributed by atoms with Crippen molar-refractivity contribution in [2.24, 2.45) is 0 Å². The molecular weight excluding hydrogens is 282 g/mol. The molecule has 0 fully saturated rings. The van der Waals surface area contributed by atoms with Crippen molar-refractivity contribution in [3.05, 3.63) is 34.8 Å². The molecule has 2 aromatic rings. The molecule has 8 heteroatoms. The molecule has 0 unspecified atom stereocenters. The number of anilines is 2. The van der Waals surface area contributed by atoms with Crippen molar-refractivity contribution in [1.29, 1.82) is 0 Å². The molecule has 0 radical (unpaired) electrons. The normalized spacial score (nSPS) is 11.4. The van der Waals surface area contributed by atoms with E-state index in [2.05, 4.69) is 9.71 Å². The Kier molecular flexibility index (Phi) is 3.23. The molecule has 3 N–H and O–H groups in total. The van der Waals surface area contributed by atoms with Gasteiger partial charge in [0.2, 0.25) is 0 Å². The highest BCUT2D eigenvalue weighted by molar-refractivity contribution is 7.94. The van der Waals surface area contributed by atoms with Crippen molar-refractivity contribution in [3.8, 4) is 0 Å². The van der Waals surface area contributed by atoms with Gasteiger partial charge in [-0.25, -0.2) is 13.4 Å². The number of rotatable bonds is 3. The zero-order chi connectivity index (χ0) is 12.5. The zero-order valence-electron chi connectivity index (χ0n) is 8.42. The largest absolute Gasteiger partial charge is 0.396 e. The zero-order valence-corrected chi connectivity index (χ0v) is 10.8. The Bertz CT molecular complexity index is 639. The molecule has 2 heterocycles. The second-order valence-corrected chi connectivity index (χ2v) is 6.73. The van der Waals surface area contributed by atoms with Gasteiger partial charge in [0.1, 0.15) is 4.21 Å². The minimum absolute atomic E-state index is 0.108. The summed E-state index contributed by atoms with van der Waals surface area (Å²) >= 11 is 6.65. The molecule has 2 aromatic heterocycles. The van der Waals surface area contributed by atoms with Crippen molar-refractivity contribution in [2.45, 2.75) is 4.21 Å². The van der Waals surface area contributed by atoms with Gasteiger partial charge in [-0.05, 0) is 24.3 Å². The highest BCUT2D eigenvalue weighted by Crippen LogP contribution is 2.27. The lowest BCUT2D eigenvalue weighted by atomic mass is 10.4. The summed E-state index contributed by atoms with van der Waals surface area (Å²) in [5, 5.41) is 0. The van der Waals surface area contributed by atoms with Gasteiger partial charge in [-0.3, -0.25) is 4.72 Å². The van der Waals surface area contributed by atoms with Crippen molar-refractivity contribution in [1.82, 2.24) is 4.98 Å². The number of aromatic nitrogens is 1. The fourth-order valence-corrected chi connectivity index (χ4v) is 3.64. The lowest BCUT2D eigenvalue weighted by Crippen LogP contribution is -2.13. The van der Waals surface area contributed by atoms with Crippen LogP contribution in [0.1, 0.15) is 0 Å². The standard InChI is InChI=1S/C9H8ClN3O2S2/c10-7-3-4-8(16-7)17(14,15)13-9-6(11)2-1-5-12-9/h1-5H,11H2,(H,12,13). The molecule has 0 aliphatic rings. The minimum atomic E-state index is -3.67. The first kappa shape index (κ1) is 12.2. The molecule has 90 valence electrons. The lowest BCUT2D eigenvalue weighted by Gasteiger charge is -2.06. The molecule has 0 atom stereocenters. The van der Waals surface area contributed by atoms with Crippen molar-refractivity contribution in [3.63, 3.8) is 0 Å². The second kappa shape index (κ2) is 4.52. The van der Waals surface area contributed by atoms with Crippen LogP contribution in [-0.2, 0) is 10.0 Å². The molecule has 0 saturated carbocycles. The molecule has 0 bridgehead atoms. The van der Waals surface area contributed by atoms with E-state index in [1.807, 2.05) is 0 Å². The van der Waals surface area contributed by atoms with Gasteiger partial charge in [0, 0.05) is 6.20 Å². The maximum absolute atomic E-state index is 11.9. The van der Waals surface area contributed by atoms with Gasteiger partial charge in [0.05, 0.1) is 10.0 Å². The number of hydrogen-bond acceptors (Lipinski definition) is 5. The molecular formula is C9H8ClN3O2S2. The van der Waals surface area contributed by atoms with Gasteiger partial charge in [-0.2, -0.15) is 0 Å². The summed E-state index contributed by atoms with van der Waals surface area (Å²) in [7, 11) is -3.67. The predicted octanol–water partition coefficient (Wildman–Crippen LogP) is 2.18. The van der Waals surface area contributed by atoms with Crippen molar-refractivity contribution >= 4 is 44.5 Å². The summed E-state index contributed by atoms with van der Waals surface area (Å²) in [6.45, 7) is 0. The lowest BCUT2D eigenvalue weighted by molar-refractivity contribution is 0.603. The quantitative estimate of drug-likeness (QED) is 0.907. The van der Waals surface area contributed by atoms with Crippen molar-refractivity contribution in [2.75, 3.05) is 10.5 Å². The van der Waals surface area contributed by atoms with Gasteiger partial charge in [0.25, 0.3) is 10.0 Å². The number of sulfonamides is 1. The molecule has 0 amide bonds. The Labute approximate surface area is 107 Å². The predicted molar refractivity (Wildman–Crippen MR) is 68.8 cm³/mol. The van der Waals surface area contributed by atoms with E-state index >= 15 is 0 Å². The maximum Gasteiger partial charge on any atom is 0.272 e. The fourth-order valence-electron chi connectivity index (χ4n) is 1.12. The van der Waals surface area contributed by atoms with Crippen LogP contribution in [0, 0.1) is 0 Å². The number of nitrogens with one attached hydrogen (secondary N) is 1. The van der Waals surface area contributed by atoms with Crippen molar-refractivity contribution < 1.29 is 8.42 Å². The third-order valence-electron chi connectivity index (χ3n) is 1.88. The van der Waals surface area contributed by atoms with E-state index in [0.717, 1.165) is 11.3 Å². The Hall–Kier alpha value is -1.31. The Morgan fingerprint density at radius 2 is 2.12 bits per heavy atom. The van der Waals surface area contributed by atoms with E-state index < -0.39 is 10.0 Å². The van der Waals surface area contributed by atoms with E-state index in [1.165, 1.54) is 18.3 Å². The molecule has 0 aromatic carbocycles. The number of nitrogens with two attached hydrogens (primary N) is 1. The summed E-state index contributed by atoms with van der Waals surface area (Å²) < 4.78 is 26.6. The minimum Gasteiger partial charge on any atom is -0.396 e. The van der Waals surface area contributed by atoms with Crippen LogP contribution in [0.3, 0.4) is 0 Å². The molecule has 0 aliphatic carbocycles. The summed E-state index contributed by atoms with van der Waals surface area (Å²) in [5.41, 5.74) is 5.86. The third kappa shape index (κ3) is 2.68. The topological polar surface area (TPSA) is 85.1 Å². The van der Waals surface area contributed by atoms with E-state index in [-0.39, 0.29) is 15.7 Å². The van der Waals surface area contributed by atoms with Crippen LogP contribution in [0.2, 0.25) is 4.34 Å². The van der Waals surface area contributed by atoms with E-state index in [0.29, 0.717) is 4.34 Å². The first-order valence-corrected chi connectivity index (χ1v) is 7.15.